The first-order valence-corrected chi connectivity index (χ1v) is 8.75. The molecule has 2 aromatic heterocycles. The van der Waals surface area contributed by atoms with E-state index in [2.05, 4.69) is 20.1 Å². The number of aromatic amines is 1. The summed E-state index contributed by atoms with van der Waals surface area (Å²) >= 11 is 1.72. The van der Waals surface area contributed by atoms with Crippen molar-refractivity contribution in [2.45, 2.75) is 31.7 Å². The first kappa shape index (κ1) is 15.2. The molecule has 1 fully saturated rings. The van der Waals surface area contributed by atoms with Gasteiger partial charge in [0.25, 0.3) is 5.56 Å². The largest absolute Gasteiger partial charge is 0.394 e. The topological polar surface area (TPSA) is 96.7 Å². The molecule has 8 heteroatoms. The van der Waals surface area contributed by atoms with Crippen molar-refractivity contribution in [1.29, 1.82) is 0 Å². The first-order chi connectivity index (χ1) is 10.7. The van der Waals surface area contributed by atoms with Crippen LogP contribution in [0.3, 0.4) is 0 Å². The number of hydrogen-bond acceptors (Lipinski definition) is 6. The van der Waals surface area contributed by atoms with E-state index in [0.29, 0.717) is 29.7 Å². The summed E-state index contributed by atoms with van der Waals surface area (Å²) in [5.41, 5.74) is 0.209. The minimum Gasteiger partial charge on any atom is -0.394 e. The molecule has 2 heterocycles. The standard InChI is InChI=1S/C14H19N5O2S/c1-22-7-4-11-16-13(19(18-11)5-6-20)10-8-15-12(9-2-3-9)17-14(10)21/h8-9,20H,2-7H2,1H3,(H,15,17,21). The number of aryl methyl sites for hydroxylation is 1. The number of nitrogens with zero attached hydrogens (tertiary/aromatic N) is 4. The van der Waals surface area contributed by atoms with E-state index in [9.17, 15) is 9.90 Å². The summed E-state index contributed by atoms with van der Waals surface area (Å²) in [5, 5.41) is 13.6. The third-order valence-corrected chi connectivity index (χ3v) is 4.19. The molecular formula is C14H19N5O2S. The molecule has 0 radical (unpaired) electrons. The molecule has 0 amide bonds. The van der Waals surface area contributed by atoms with Crippen molar-refractivity contribution >= 4 is 11.8 Å². The van der Waals surface area contributed by atoms with Crippen LogP contribution in [0.5, 0.6) is 0 Å². The summed E-state index contributed by atoms with van der Waals surface area (Å²) < 4.78 is 1.58. The molecule has 118 valence electrons. The monoisotopic (exact) mass is 321 g/mol. The molecule has 1 aliphatic carbocycles. The predicted molar refractivity (Wildman–Crippen MR) is 85.0 cm³/mol. The summed E-state index contributed by atoms with van der Waals surface area (Å²) in [4.78, 5) is 24.0. The zero-order valence-electron chi connectivity index (χ0n) is 12.4. The van der Waals surface area contributed by atoms with Crippen molar-refractivity contribution in [1.82, 2.24) is 24.7 Å². The Bertz CT molecular complexity index is 707. The van der Waals surface area contributed by atoms with Gasteiger partial charge >= 0.3 is 0 Å². The maximum atomic E-state index is 12.3. The van der Waals surface area contributed by atoms with Crippen molar-refractivity contribution in [3.05, 3.63) is 28.2 Å². The lowest BCUT2D eigenvalue weighted by Gasteiger charge is -2.04. The maximum absolute atomic E-state index is 12.3. The van der Waals surface area contributed by atoms with Gasteiger partial charge in [0, 0.05) is 24.3 Å². The molecule has 0 unspecified atom stereocenters. The van der Waals surface area contributed by atoms with Crippen LogP contribution in [0.2, 0.25) is 0 Å². The second-order valence-electron chi connectivity index (χ2n) is 5.33. The van der Waals surface area contributed by atoms with Crippen LogP contribution >= 0.6 is 11.8 Å². The summed E-state index contributed by atoms with van der Waals surface area (Å²) in [7, 11) is 0. The fourth-order valence-electron chi connectivity index (χ4n) is 2.27. The number of aliphatic hydroxyl groups is 1. The molecular weight excluding hydrogens is 302 g/mol. The molecule has 0 saturated heterocycles. The van der Waals surface area contributed by atoms with E-state index in [1.807, 2.05) is 6.26 Å². The number of nitrogens with one attached hydrogen (secondary N) is 1. The Morgan fingerprint density at radius 3 is 2.95 bits per heavy atom. The van der Waals surface area contributed by atoms with Gasteiger partial charge in [-0.25, -0.2) is 14.6 Å². The fraction of sp³-hybridized carbons (Fsp3) is 0.571. The van der Waals surface area contributed by atoms with Crippen LogP contribution in [0.1, 0.15) is 30.4 Å². The van der Waals surface area contributed by atoms with Gasteiger partial charge in [-0.05, 0) is 19.1 Å². The number of rotatable bonds is 7. The summed E-state index contributed by atoms with van der Waals surface area (Å²) in [6.45, 7) is 0.259. The van der Waals surface area contributed by atoms with Crippen LogP contribution < -0.4 is 5.56 Å². The molecule has 3 rings (SSSR count). The van der Waals surface area contributed by atoms with Gasteiger partial charge in [-0.15, -0.1) is 0 Å². The van der Waals surface area contributed by atoms with Crippen LogP contribution in [-0.4, -0.2) is 48.5 Å². The lowest BCUT2D eigenvalue weighted by Crippen LogP contribution is -2.16. The van der Waals surface area contributed by atoms with Gasteiger partial charge in [0.1, 0.15) is 11.4 Å². The Hall–Kier alpha value is -1.67. The average molecular weight is 321 g/mol. The van der Waals surface area contributed by atoms with Crippen molar-refractivity contribution in [2.24, 2.45) is 0 Å². The van der Waals surface area contributed by atoms with Crippen LogP contribution in [0, 0.1) is 0 Å². The molecule has 0 atom stereocenters. The van der Waals surface area contributed by atoms with Crippen LogP contribution in [-0.2, 0) is 13.0 Å². The molecule has 0 spiro atoms. The lowest BCUT2D eigenvalue weighted by molar-refractivity contribution is 0.270. The average Bonchev–Trinajstić information content (AvgIpc) is 3.28. The zero-order chi connectivity index (χ0) is 15.5. The summed E-state index contributed by atoms with van der Waals surface area (Å²) in [6.07, 6.45) is 6.50. The highest BCUT2D eigenvalue weighted by molar-refractivity contribution is 7.98. The smallest absolute Gasteiger partial charge is 0.261 e. The summed E-state index contributed by atoms with van der Waals surface area (Å²) in [6, 6.07) is 0. The lowest BCUT2D eigenvalue weighted by atomic mass is 10.3. The predicted octanol–water partition coefficient (Wildman–Crippen LogP) is 0.804. The van der Waals surface area contributed by atoms with Gasteiger partial charge in [0.2, 0.25) is 0 Å². The summed E-state index contributed by atoms with van der Waals surface area (Å²) in [5.74, 6) is 3.22. The highest BCUT2D eigenvalue weighted by atomic mass is 32.2. The highest BCUT2D eigenvalue weighted by Crippen LogP contribution is 2.37. The van der Waals surface area contributed by atoms with E-state index < -0.39 is 0 Å². The van der Waals surface area contributed by atoms with Gasteiger partial charge in [0.15, 0.2) is 11.6 Å². The van der Waals surface area contributed by atoms with Gasteiger partial charge in [0.05, 0.1) is 13.2 Å². The van der Waals surface area contributed by atoms with E-state index >= 15 is 0 Å². The van der Waals surface area contributed by atoms with Crippen molar-refractivity contribution in [2.75, 3.05) is 18.6 Å². The van der Waals surface area contributed by atoms with E-state index in [-0.39, 0.29) is 12.2 Å². The Morgan fingerprint density at radius 2 is 2.32 bits per heavy atom. The second kappa shape index (κ2) is 6.62. The van der Waals surface area contributed by atoms with E-state index in [0.717, 1.165) is 30.8 Å². The van der Waals surface area contributed by atoms with Gasteiger partial charge in [-0.1, -0.05) is 0 Å². The number of hydrogen-bond donors (Lipinski definition) is 2. The van der Waals surface area contributed by atoms with E-state index in [1.165, 1.54) is 0 Å². The molecule has 22 heavy (non-hydrogen) atoms. The molecule has 7 nitrogen and oxygen atoms in total. The third-order valence-electron chi connectivity index (χ3n) is 3.58. The Morgan fingerprint density at radius 1 is 1.50 bits per heavy atom. The SMILES string of the molecule is CSCCc1nc(-c2cnc(C3CC3)[nH]c2=O)n(CCO)n1. The van der Waals surface area contributed by atoms with Gasteiger partial charge < -0.3 is 10.1 Å². The Kier molecular flexibility index (Phi) is 4.58. The number of aromatic nitrogens is 5. The molecule has 2 aromatic rings. The maximum Gasteiger partial charge on any atom is 0.261 e. The third kappa shape index (κ3) is 3.22. The molecule has 0 aromatic carbocycles. The molecule has 1 saturated carbocycles. The van der Waals surface area contributed by atoms with Crippen LogP contribution in [0.25, 0.3) is 11.4 Å². The quantitative estimate of drug-likeness (QED) is 0.783. The van der Waals surface area contributed by atoms with E-state index in [1.54, 1.807) is 22.6 Å². The van der Waals surface area contributed by atoms with Crippen molar-refractivity contribution < 1.29 is 5.11 Å². The van der Waals surface area contributed by atoms with E-state index in [4.69, 9.17) is 0 Å². The molecule has 1 aliphatic rings. The molecule has 0 aliphatic heterocycles. The minimum absolute atomic E-state index is 0.0518. The van der Waals surface area contributed by atoms with Gasteiger partial charge in [-0.3, -0.25) is 4.79 Å². The zero-order valence-corrected chi connectivity index (χ0v) is 13.3. The van der Waals surface area contributed by atoms with Crippen molar-refractivity contribution in [3.8, 4) is 11.4 Å². The molecule has 2 N–H and O–H groups in total. The number of H-pyrrole nitrogens is 1. The second-order valence-corrected chi connectivity index (χ2v) is 6.31. The first-order valence-electron chi connectivity index (χ1n) is 7.36. The fourth-order valence-corrected chi connectivity index (χ4v) is 2.66. The normalized spacial score (nSPS) is 14.5. The Labute approximate surface area is 132 Å². The van der Waals surface area contributed by atoms with Crippen LogP contribution in [0.4, 0.5) is 0 Å². The Balaban J connectivity index is 1.94. The number of aliphatic hydroxyl groups excluding tert-OH is 1. The molecule has 0 bridgehead atoms. The van der Waals surface area contributed by atoms with Crippen molar-refractivity contribution in [3.63, 3.8) is 0 Å². The minimum atomic E-state index is -0.195. The van der Waals surface area contributed by atoms with Gasteiger partial charge in [-0.2, -0.15) is 16.9 Å². The van der Waals surface area contributed by atoms with Crippen LogP contribution in [0.15, 0.2) is 11.0 Å². The number of thioether (sulfide) groups is 1. The highest BCUT2D eigenvalue weighted by Gasteiger charge is 2.26.